The van der Waals surface area contributed by atoms with Gasteiger partial charge in [-0.15, -0.1) is 0 Å². The summed E-state index contributed by atoms with van der Waals surface area (Å²) < 4.78 is 32.4. The molecule has 13 heteroatoms. The lowest BCUT2D eigenvalue weighted by atomic mass is 9.93. The number of aryl methyl sites for hydroxylation is 1. The number of aliphatic hydroxyl groups excluding tert-OH is 3. The summed E-state index contributed by atoms with van der Waals surface area (Å²) >= 11 is 0. The van der Waals surface area contributed by atoms with Crippen LogP contribution in [0.5, 0.6) is 23.0 Å². The molecule has 6 atom stereocenters. The summed E-state index contributed by atoms with van der Waals surface area (Å²) in [6.45, 7) is 1.41. The number of hydrogen-bond acceptors (Lipinski definition) is 11. The van der Waals surface area contributed by atoms with Gasteiger partial charge in [0.1, 0.15) is 24.1 Å². The molecule has 2 aromatic carbocycles. The second-order valence-corrected chi connectivity index (χ2v) is 9.07. The van der Waals surface area contributed by atoms with Crippen LogP contribution in [-0.2, 0) is 20.7 Å². The van der Waals surface area contributed by atoms with E-state index in [0.29, 0.717) is 35.7 Å². The van der Waals surface area contributed by atoms with E-state index in [1.165, 1.54) is 28.3 Å². The highest BCUT2D eigenvalue weighted by Gasteiger charge is 2.47. The molecule has 1 fully saturated rings. The Morgan fingerprint density at radius 3 is 2.26 bits per heavy atom. The van der Waals surface area contributed by atoms with Crippen LogP contribution in [0.2, 0.25) is 0 Å². The van der Waals surface area contributed by atoms with Crippen molar-refractivity contribution in [2.75, 3.05) is 21.3 Å². The fraction of sp³-hybridized carbons (Fsp3) is 0.462. The summed E-state index contributed by atoms with van der Waals surface area (Å²) in [7, 11) is 4.55. The quantitative estimate of drug-likeness (QED) is 0.313. The van der Waals surface area contributed by atoms with Crippen molar-refractivity contribution in [3.8, 4) is 34.1 Å². The fourth-order valence-electron chi connectivity index (χ4n) is 4.93. The molecule has 2 aliphatic rings. The minimum absolute atomic E-state index is 0.175. The summed E-state index contributed by atoms with van der Waals surface area (Å²) in [5.74, 6) is 1.27. The van der Waals surface area contributed by atoms with Gasteiger partial charge in [-0.05, 0) is 47.7 Å². The van der Waals surface area contributed by atoms with Gasteiger partial charge >= 0.3 is 6.16 Å². The van der Waals surface area contributed by atoms with E-state index in [-0.39, 0.29) is 11.7 Å². The Morgan fingerprint density at radius 1 is 0.949 bits per heavy atom. The maximum atomic E-state index is 12.1. The van der Waals surface area contributed by atoms with Crippen LogP contribution >= 0.6 is 0 Å². The predicted molar refractivity (Wildman–Crippen MR) is 133 cm³/mol. The molecule has 1 amide bonds. The Hall–Kier alpha value is -3.78. The van der Waals surface area contributed by atoms with Crippen molar-refractivity contribution in [2.24, 2.45) is 0 Å². The van der Waals surface area contributed by atoms with Crippen LogP contribution in [0.1, 0.15) is 30.5 Å². The molecule has 1 heterocycles. The number of benzene rings is 2. The molecular formula is C26H31NO12. The Balaban J connectivity index is 1.78. The number of ether oxygens (including phenoxy) is 6. The lowest BCUT2D eigenvalue weighted by Gasteiger charge is -2.39. The maximum Gasteiger partial charge on any atom is 0.508 e. The van der Waals surface area contributed by atoms with Crippen molar-refractivity contribution < 1.29 is 58.4 Å². The monoisotopic (exact) mass is 549 g/mol. The van der Waals surface area contributed by atoms with Gasteiger partial charge < -0.3 is 49.4 Å². The molecule has 1 aliphatic carbocycles. The number of hydrogen-bond donors (Lipinski definition) is 5. The number of aliphatic hydroxyl groups is 3. The van der Waals surface area contributed by atoms with Gasteiger partial charge in [-0.2, -0.15) is 0 Å². The summed E-state index contributed by atoms with van der Waals surface area (Å²) in [6.07, 6.45) is -9.41. The molecule has 0 saturated carbocycles. The number of carboxylic acid groups (broad SMARTS) is 1. The molecular weight excluding hydrogens is 518 g/mol. The van der Waals surface area contributed by atoms with E-state index in [9.17, 15) is 24.9 Å². The number of carbonyl (C=O) groups is 2. The molecule has 0 radical (unpaired) electrons. The predicted octanol–water partition coefficient (Wildman–Crippen LogP) is 1.34. The molecule has 1 aliphatic heterocycles. The largest absolute Gasteiger partial charge is 0.508 e. The van der Waals surface area contributed by atoms with Gasteiger partial charge in [0.2, 0.25) is 24.2 Å². The number of carbonyl (C=O) groups excluding carboxylic acids is 1. The van der Waals surface area contributed by atoms with Crippen LogP contribution in [-0.4, -0.2) is 84.7 Å². The molecule has 0 aromatic heterocycles. The number of amides is 1. The number of fused-ring (bicyclic) bond motifs is 3. The third-order valence-electron chi connectivity index (χ3n) is 6.65. The van der Waals surface area contributed by atoms with E-state index in [2.05, 4.69) is 10.1 Å². The van der Waals surface area contributed by atoms with Crippen LogP contribution < -0.4 is 24.3 Å². The fourth-order valence-corrected chi connectivity index (χ4v) is 4.93. The van der Waals surface area contributed by atoms with Gasteiger partial charge in [0.05, 0.1) is 27.4 Å². The molecule has 4 rings (SSSR count). The second-order valence-electron chi connectivity index (χ2n) is 9.07. The van der Waals surface area contributed by atoms with Crippen molar-refractivity contribution in [3.63, 3.8) is 0 Å². The molecule has 13 nitrogen and oxygen atoms in total. The van der Waals surface area contributed by atoms with Crippen LogP contribution in [0.3, 0.4) is 0 Å². The van der Waals surface area contributed by atoms with Gasteiger partial charge in [0, 0.05) is 12.5 Å². The molecule has 2 aromatic rings. The van der Waals surface area contributed by atoms with E-state index >= 15 is 0 Å². The van der Waals surface area contributed by atoms with E-state index < -0.39 is 43.1 Å². The highest BCUT2D eigenvalue weighted by molar-refractivity contribution is 5.84. The van der Waals surface area contributed by atoms with Crippen LogP contribution in [0.4, 0.5) is 4.79 Å². The highest BCUT2D eigenvalue weighted by atomic mass is 16.8. The molecule has 0 spiro atoms. The standard InChI is InChI=1S/C26H31NO12/c1-11(28)27-16-8-5-12-9-17(34-2)22(35-3)23(36-4)18(12)14-7-6-13(10-15(14)16)37-24-20(30)19(29)21(31)25(38-24)39-26(32)33/h6-7,9-10,16,19-21,24-25,29-31H,5,8H2,1-4H3,(H,27,28)(H,32,33)/t16-,19-,20+,21-,24+,25-/m0/s1. The van der Waals surface area contributed by atoms with Crippen LogP contribution in [0, 0.1) is 0 Å². The van der Waals surface area contributed by atoms with E-state index in [4.69, 9.17) is 28.8 Å². The Morgan fingerprint density at radius 2 is 1.64 bits per heavy atom. The zero-order valence-electron chi connectivity index (χ0n) is 21.7. The molecule has 212 valence electrons. The Labute approximate surface area is 223 Å². The summed E-state index contributed by atoms with van der Waals surface area (Å²) in [5, 5.41) is 42.5. The van der Waals surface area contributed by atoms with Gasteiger partial charge in [-0.1, -0.05) is 6.07 Å². The first-order valence-electron chi connectivity index (χ1n) is 12.1. The normalized spacial score (nSPS) is 25.8. The molecule has 39 heavy (non-hydrogen) atoms. The number of rotatable bonds is 7. The summed E-state index contributed by atoms with van der Waals surface area (Å²) in [6, 6.07) is 6.38. The Bertz CT molecular complexity index is 1230. The van der Waals surface area contributed by atoms with Crippen molar-refractivity contribution in [3.05, 3.63) is 35.4 Å². The zero-order valence-corrected chi connectivity index (χ0v) is 21.7. The van der Waals surface area contributed by atoms with Gasteiger partial charge in [0.15, 0.2) is 11.5 Å². The lowest BCUT2D eigenvalue weighted by molar-refractivity contribution is -0.321. The van der Waals surface area contributed by atoms with Crippen LogP contribution in [0.15, 0.2) is 24.3 Å². The molecule has 5 N–H and O–H groups in total. The minimum Gasteiger partial charge on any atom is -0.493 e. The second kappa shape index (κ2) is 11.5. The summed E-state index contributed by atoms with van der Waals surface area (Å²) in [4.78, 5) is 23.1. The van der Waals surface area contributed by atoms with Crippen molar-refractivity contribution in [1.29, 1.82) is 0 Å². The van der Waals surface area contributed by atoms with Gasteiger partial charge in [0.25, 0.3) is 0 Å². The van der Waals surface area contributed by atoms with Crippen molar-refractivity contribution >= 4 is 12.1 Å². The Kier molecular flexibility index (Phi) is 8.35. The lowest BCUT2D eigenvalue weighted by Crippen LogP contribution is -2.60. The van der Waals surface area contributed by atoms with Gasteiger partial charge in [-0.3, -0.25) is 9.53 Å². The number of methoxy groups -OCH3 is 3. The average Bonchev–Trinajstić information content (AvgIpc) is 3.05. The van der Waals surface area contributed by atoms with E-state index in [1.54, 1.807) is 18.2 Å². The smallest absolute Gasteiger partial charge is 0.493 e. The average molecular weight is 550 g/mol. The first kappa shape index (κ1) is 28.2. The van der Waals surface area contributed by atoms with Crippen molar-refractivity contribution in [2.45, 2.75) is 56.7 Å². The molecule has 0 unspecified atom stereocenters. The third kappa shape index (κ3) is 5.52. The molecule has 0 bridgehead atoms. The van der Waals surface area contributed by atoms with Crippen LogP contribution in [0.25, 0.3) is 11.1 Å². The van der Waals surface area contributed by atoms with Crippen molar-refractivity contribution in [1.82, 2.24) is 5.32 Å². The van der Waals surface area contributed by atoms with Gasteiger partial charge in [-0.25, -0.2) is 4.79 Å². The number of nitrogens with one attached hydrogen (secondary N) is 1. The first-order chi connectivity index (χ1) is 18.6. The highest BCUT2D eigenvalue weighted by Crippen LogP contribution is 2.51. The van der Waals surface area contributed by atoms with E-state index in [0.717, 1.165) is 16.7 Å². The molecule has 1 saturated heterocycles. The SMILES string of the molecule is COc1cc2c(c(OC)c1OC)-c1ccc(O[C@@H]3O[C@@H](OC(=O)O)[C@@H](O)[C@@H](O)[C@H]3O)cc1[C@@H](NC(C)=O)CC2. The summed E-state index contributed by atoms with van der Waals surface area (Å²) in [5.41, 5.74) is 3.03. The van der Waals surface area contributed by atoms with E-state index in [1.807, 2.05) is 6.07 Å². The third-order valence-corrected chi connectivity index (χ3v) is 6.65. The first-order valence-corrected chi connectivity index (χ1v) is 12.1. The minimum atomic E-state index is -1.83. The topological polar surface area (TPSA) is 182 Å². The maximum absolute atomic E-state index is 12.1. The zero-order chi connectivity index (χ0) is 28.4.